The Labute approximate surface area is 89.3 Å². The fraction of sp³-hybridized carbons (Fsp3) is 0.100. The lowest BCUT2D eigenvalue weighted by atomic mass is 10.1. The summed E-state index contributed by atoms with van der Waals surface area (Å²) in [6.07, 6.45) is 1.51. The molecule has 0 saturated carbocycles. The van der Waals surface area contributed by atoms with Gasteiger partial charge in [-0.1, -0.05) is 0 Å². The van der Waals surface area contributed by atoms with Gasteiger partial charge in [-0.2, -0.15) is 5.10 Å². The van der Waals surface area contributed by atoms with Crippen LogP contribution in [0.15, 0.2) is 27.6 Å². The maximum Gasteiger partial charge on any atom is 0.277 e. The van der Waals surface area contributed by atoms with Crippen LogP contribution >= 0.6 is 0 Å². The van der Waals surface area contributed by atoms with Crippen molar-refractivity contribution < 1.29 is 9.21 Å². The van der Waals surface area contributed by atoms with Gasteiger partial charge in [0.2, 0.25) is 0 Å². The van der Waals surface area contributed by atoms with Crippen LogP contribution < -0.4 is 10.9 Å². The summed E-state index contributed by atoms with van der Waals surface area (Å²) >= 11 is 0. The second-order valence-corrected chi connectivity index (χ2v) is 3.41. The first-order valence-corrected chi connectivity index (χ1v) is 4.71. The average molecular weight is 217 g/mol. The number of rotatable bonds is 1. The highest BCUT2D eigenvalue weighted by atomic mass is 16.3. The number of nitrogens with zero attached hydrogens (tertiary/aromatic N) is 1. The van der Waals surface area contributed by atoms with Gasteiger partial charge in [-0.25, -0.2) is 5.10 Å². The molecule has 2 aromatic rings. The van der Waals surface area contributed by atoms with Crippen molar-refractivity contribution in [2.24, 2.45) is 0 Å². The van der Waals surface area contributed by atoms with Gasteiger partial charge in [0.25, 0.3) is 11.5 Å². The van der Waals surface area contributed by atoms with E-state index < -0.39 is 5.56 Å². The fourth-order valence-corrected chi connectivity index (χ4v) is 1.77. The normalized spacial score (nSPS) is 13.6. The van der Waals surface area contributed by atoms with Gasteiger partial charge in [-0.15, -0.1) is 0 Å². The summed E-state index contributed by atoms with van der Waals surface area (Å²) in [5.74, 6) is 0.162. The van der Waals surface area contributed by atoms with Gasteiger partial charge in [0.05, 0.1) is 6.26 Å². The van der Waals surface area contributed by atoms with E-state index in [-0.39, 0.29) is 11.5 Å². The van der Waals surface area contributed by atoms with Crippen LogP contribution in [0.25, 0.3) is 11.5 Å². The molecule has 0 unspecified atom stereocenters. The summed E-state index contributed by atoms with van der Waals surface area (Å²) in [7, 11) is 0. The quantitative estimate of drug-likeness (QED) is 0.717. The van der Waals surface area contributed by atoms with E-state index in [2.05, 4.69) is 15.5 Å². The van der Waals surface area contributed by atoms with Crippen molar-refractivity contribution >= 4 is 5.91 Å². The average Bonchev–Trinajstić information content (AvgIpc) is 2.89. The summed E-state index contributed by atoms with van der Waals surface area (Å²) in [6, 6.07) is 3.45. The van der Waals surface area contributed by atoms with Gasteiger partial charge in [0.1, 0.15) is 11.3 Å². The van der Waals surface area contributed by atoms with E-state index in [0.29, 0.717) is 23.6 Å². The Bertz CT molecular complexity index is 613. The third kappa shape index (κ3) is 1.10. The van der Waals surface area contributed by atoms with Crippen LogP contribution in [0.2, 0.25) is 0 Å². The predicted octanol–water partition coefficient (Wildman–Crippen LogP) is 0.273. The molecule has 80 valence electrons. The molecule has 2 aromatic heterocycles. The predicted molar refractivity (Wildman–Crippen MR) is 53.7 cm³/mol. The van der Waals surface area contributed by atoms with Crippen molar-refractivity contribution in [1.29, 1.82) is 0 Å². The van der Waals surface area contributed by atoms with E-state index in [1.165, 1.54) is 6.26 Å². The van der Waals surface area contributed by atoms with Crippen molar-refractivity contribution in [3.8, 4) is 11.5 Å². The number of carbonyl (C=O) groups excluding carboxylic acids is 1. The van der Waals surface area contributed by atoms with Gasteiger partial charge < -0.3 is 9.73 Å². The van der Waals surface area contributed by atoms with Gasteiger partial charge in [0, 0.05) is 12.1 Å². The molecule has 6 nitrogen and oxygen atoms in total. The summed E-state index contributed by atoms with van der Waals surface area (Å²) in [5.41, 5.74) is 0.739. The van der Waals surface area contributed by atoms with Crippen LogP contribution in [-0.2, 0) is 6.54 Å². The molecule has 0 bridgehead atoms. The molecule has 0 aliphatic carbocycles. The highest BCUT2D eigenvalue weighted by Crippen LogP contribution is 2.24. The van der Waals surface area contributed by atoms with Gasteiger partial charge in [0.15, 0.2) is 5.76 Å². The molecule has 0 aromatic carbocycles. The minimum Gasteiger partial charge on any atom is -0.463 e. The topological polar surface area (TPSA) is 88.0 Å². The number of aromatic nitrogens is 2. The number of hydrogen-bond donors (Lipinski definition) is 2. The summed E-state index contributed by atoms with van der Waals surface area (Å²) in [5, 5.41) is 8.78. The molecule has 0 saturated heterocycles. The van der Waals surface area contributed by atoms with Crippen molar-refractivity contribution in [3.05, 3.63) is 39.9 Å². The number of nitrogens with one attached hydrogen (secondary N) is 2. The zero-order valence-corrected chi connectivity index (χ0v) is 8.11. The maximum absolute atomic E-state index is 11.4. The molecule has 1 aliphatic rings. The number of furan rings is 1. The van der Waals surface area contributed by atoms with Crippen LogP contribution in [0, 0.1) is 0 Å². The number of amides is 1. The Balaban J connectivity index is 2.31. The minimum atomic E-state index is -0.472. The molecule has 0 radical (unpaired) electrons. The van der Waals surface area contributed by atoms with Crippen LogP contribution in [0.4, 0.5) is 0 Å². The SMILES string of the molecule is O=C1NCc2c(-c3ccco3)n[nH]c(=O)c21. The van der Waals surface area contributed by atoms with Crippen LogP contribution in [-0.4, -0.2) is 16.1 Å². The Kier molecular flexibility index (Phi) is 1.70. The van der Waals surface area contributed by atoms with E-state index in [4.69, 9.17) is 4.42 Å². The molecule has 0 spiro atoms. The number of aromatic amines is 1. The van der Waals surface area contributed by atoms with E-state index in [1.807, 2.05) is 0 Å². The van der Waals surface area contributed by atoms with E-state index in [1.54, 1.807) is 12.1 Å². The molecule has 1 amide bonds. The first kappa shape index (κ1) is 8.90. The third-order valence-electron chi connectivity index (χ3n) is 2.49. The summed E-state index contributed by atoms with van der Waals surface area (Å²) < 4.78 is 5.20. The monoisotopic (exact) mass is 217 g/mol. The molecule has 6 heteroatoms. The Morgan fingerprint density at radius 3 is 3.00 bits per heavy atom. The minimum absolute atomic E-state index is 0.126. The van der Waals surface area contributed by atoms with Crippen molar-refractivity contribution in [3.63, 3.8) is 0 Å². The zero-order valence-electron chi connectivity index (χ0n) is 8.11. The molecule has 1 aliphatic heterocycles. The number of carbonyl (C=O) groups is 1. The third-order valence-corrected chi connectivity index (χ3v) is 2.49. The number of H-pyrrole nitrogens is 1. The summed E-state index contributed by atoms with van der Waals surface area (Å²) in [4.78, 5) is 22.9. The zero-order chi connectivity index (χ0) is 11.1. The molecule has 0 atom stereocenters. The molecule has 0 fully saturated rings. The smallest absolute Gasteiger partial charge is 0.277 e. The summed E-state index contributed by atoms with van der Waals surface area (Å²) in [6.45, 7) is 0.307. The van der Waals surface area contributed by atoms with Crippen molar-refractivity contribution in [2.75, 3.05) is 0 Å². The van der Waals surface area contributed by atoms with Crippen LogP contribution in [0.5, 0.6) is 0 Å². The van der Waals surface area contributed by atoms with E-state index in [9.17, 15) is 9.59 Å². The lowest BCUT2D eigenvalue weighted by Gasteiger charge is -2.00. The Hall–Kier alpha value is -2.37. The number of fused-ring (bicyclic) bond motifs is 1. The highest BCUT2D eigenvalue weighted by molar-refractivity contribution is 5.99. The largest absolute Gasteiger partial charge is 0.463 e. The molecule has 3 rings (SSSR count). The van der Waals surface area contributed by atoms with Crippen molar-refractivity contribution in [2.45, 2.75) is 6.54 Å². The molecular formula is C10H7N3O3. The Morgan fingerprint density at radius 2 is 2.25 bits per heavy atom. The lowest BCUT2D eigenvalue weighted by molar-refractivity contribution is 0.0964. The van der Waals surface area contributed by atoms with E-state index >= 15 is 0 Å². The molecule has 16 heavy (non-hydrogen) atoms. The van der Waals surface area contributed by atoms with Gasteiger partial charge in [-0.05, 0) is 12.1 Å². The molecule has 2 N–H and O–H groups in total. The van der Waals surface area contributed by atoms with Crippen molar-refractivity contribution in [1.82, 2.24) is 15.5 Å². The highest BCUT2D eigenvalue weighted by Gasteiger charge is 2.27. The lowest BCUT2D eigenvalue weighted by Crippen LogP contribution is -2.21. The second-order valence-electron chi connectivity index (χ2n) is 3.41. The van der Waals surface area contributed by atoms with Gasteiger partial charge in [-0.3, -0.25) is 9.59 Å². The van der Waals surface area contributed by atoms with Crippen LogP contribution in [0.3, 0.4) is 0 Å². The number of hydrogen-bond acceptors (Lipinski definition) is 4. The fourth-order valence-electron chi connectivity index (χ4n) is 1.77. The second kappa shape index (κ2) is 3.06. The molecular weight excluding hydrogens is 210 g/mol. The first-order chi connectivity index (χ1) is 7.77. The first-order valence-electron chi connectivity index (χ1n) is 4.71. The van der Waals surface area contributed by atoms with Gasteiger partial charge >= 0.3 is 0 Å². The Morgan fingerprint density at radius 1 is 1.38 bits per heavy atom. The molecule has 3 heterocycles. The van der Waals surface area contributed by atoms with Crippen LogP contribution in [0.1, 0.15) is 15.9 Å². The maximum atomic E-state index is 11.4. The van der Waals surface area contributed by atoms with E-state index in [0.717, 1.165) is 0 Å². The standard InChI is InChI=1S/C10H7N3O3/c14-9-7-5(4-11-9)8(12-13-10(7)15)6-2-1-3-16-6/h1-3H,4H2,(H,11,14)(H,13,15).